The highest BCUT2D eigenvalue weighted by Crippen LogP contribution is 2.39. The summed E-state index contributed by atoms with van der Waals surface area (Å²) in [6.07, 6.45) is 3.54. The summed E-state index contributed by atoms with van der Waals surface area (Å²) in [5.74, 6) is 0.256. The molecule has 4 rings (SSSR count). The molecule has 154 valence electrons. The van der Waals surface area contributed by atoms with E-state index in [4.69, 9.17) is 8.83 Å². The molecular weight excluding hydrogens is 372 g/mol. The Labute approximate surface area is 169 Å². The van der Waals surface area contributed by atoms with Crippen molar-refractivity contribution in [2.45, 2.75) is 39.2 Å². The normalized spacial score (nSPS) is 20.7. The number of Topliss-reactive ketones (excluding diaryl/α,β-unsaturated/α-hetero) is 1. The molecule has 29 heavy (non-hydrogen) atoms. The minimum absolute atomic E-state index is 0.0114. The number of amides is 1. The van der Waals surface area contributed by atoms with Gasteiger partial charge in [0, 0.05) is 13.1 Å². The van der Waals surface area contributed by atoms with Gasteiger partial charge in [-0.2, -0.15) is 0 Å². The largest absolute Gasteiger partial charge is 0.503 e. The monoisotopic (exact) mass is 398 g/mol. The van der Waals surface area contributed by atoms with Crippen molar-refractivity contribution < 1.29 is 23.5 Å². The van der Waals surface area contributed by atoms with Gasteiger partial charge in [0.1, 0.15) is 23.3 Å². The molecule has 0 saturated carbocycles. The summed E-state index contributed by atoms with van der Waals surface area (Å²) in [4.78, 5) is 29.9. The molecule has 1 N–H and O–H groups in total. The summed E-state index contributed by atoms with van der Waals surface area (Å²) < 4.78 is 11.2. The third-order valence-electron chi connectivity index (χ3n) is 5.65. The van der Waals surface area contributed by atoms with Gasteiger partial charge in [-0.25, -0.2) is 0 Å². The van der Waals surface area contributed by atoms with Crippen LogP contribution in [0.1, 0.15) is 53.1 Å². The van der Waals surface area contributed by atoms with E-state index < -0.39 is 23.5 Å². The van der Waals surface area contributed by atoms with Crippen LogP contribution in [0.3, 0.4) is 0 Å². The molecule has 7 heteroatoms. The van der Waals surface area contributed by atoms with Crippen LogP contribution in [-0.4, -0.2) is 52.8 Å². The molecule has 1 atom stereocenters. The Kier molecular flexibility index (Phi) is 5.32. The Bertz CT molecular complexity index is 948. The molecule has 4 heterocycles. The number of likely N-dealkylation sites (tertiary alicyclic amines) is 1. The zero-order chi connectivity index (χ0) is 20.5. The second-order valence-electron chi connectivity index (χ2n) is 7.75. The average Bonchev–Trinajstić information content (AvgIpc) is 3.40. The number of aliphatic hydroxyl groups excluding tert-OH is 1. The van der Waals surface area contributed by atoms with Gasteiger partial charge in [0.15, 0.2) is 11.5 Å². The van der Waals surface area contributed by atoms with Crippen molar-refractivity contribution in [2.24, 2.45) is 0 Å². The van der Waals surface area contributed by atoms with Gasteiger partial charge in [0.05, 0.1) is 5.57 Å². The van der Waals surface area contributed by atoms with Crippen molar-refractivity contribution in [1.29, 1.82) is 0 Å². The number of aryl methyl sites for hydroxylation is 2. The number of aliphatic hydroxyl groups is 1. The molecule has 2 aliphatic heterocycles. The maximum Gasteiger partial charge on any atom is 0.290 e. The first-order valence-corrected chi connectivity index (χ1v) is 10.1. The van der Waals surface area contributed by atoms with Crippen LogP contribution in [-0.2, 0) is 4.79 Å². The molecule has 1 amide bonds. The van der Waals surface area contributed by atoms with Crippen LogP contribution in [0.2, 0.25) is 0 Å². The third kappa shape index (κ3) is 3.74. The summed E-state index contributed by atoms with van der Waals surface area (Å²) >= 11 is 0. The Morgan fingerprint density at radius 3 is 2.34 bits per heavy atom. The zero-order valence-electron chi connectivity index (χ0n) is 16.8. The predicted molar refractivity (Wildman–Crippen MR) is 106 cm³/mol. The quantitative estimate of drug-likeness (QED) is 0.749. The molecule has 1 fully saturated rings. The van der Waals surface area contributed by atoms with Gasteiger partial charge >= 0.3 is 0 Å². The van der Waals surface area contributed by atoms with Crippen molar-refractivity contribution in [2.75, 3.05) is 26.2 Å². The molecule has 0 aromatic carbocycles. The highest BCUT2D eigenvalue weighted by molar-refractivity contribution is 6.14. The number of hydrogen-bond acceptors (Lipinski definition) is 6. The van der Waals surface area contributed by atoms with Crippen LogP contribution in [0, 0.1) is 13.8 Å². The number of piperidine rings is 1. The van der Waals surface area contributed by atoms with Crippen LogP contribution < -0.4 is 0 Å². The summed E-state index contributed by atoms with van der Waals surface area (Å²) in [6, 6.07) is 6.02. The fourth-order valence-electron chi connectivity index (χ4n) is 4.13. The first kappa shape index (κ1) is 19.5. The van der Waals surface area contributed by atoms with Crippen LogP contribution in [0.5, 0.6) is 0 Å². The highest BCUT2D eigenvalue weighted by atomic mass is 16.4. The molecule has 0 spiro atoms. The van der Waals surface area contributed by atoms with Crippen molar-refractivity contribution in [3.05, 3.63) is 58.6 Å². The lowest BCUT2D eigenvalue weighted by Gasteiger charge is -2.30. The minimum Gasteiger partial charge on any atom is -0.503 e. The number of carbonyl (C=O) groups is 2. The average molecular weight is 398 g/mol. The van der Waals surface area contributed by atoms with E-state index in [1.54, 1.807) is 38.1 Å². The fraction of sp³-hybridized carbons (Fsp3) is 0.455. The van der Waals surface area contributed by atoms with Gasteiger partial charge in [-0.1, -0.05) is 6.42 Å². The van der Waals surface area contributed by atoms with E-state index in [1.165, 1.54) is 11.3 Å². The Morgan fingerprint density at radius 1 is 1.03 bits per heavy atom. The topological polar surface area (TPSA) is 87.1 Å². The van der Waals surface area contributed by atoms with E-state index in [-0.39, 0.29) is 11.3 Å². The standard InChI is InChI=1S/C22H26N2O5/c1-14-6-8-16(28-14)19-18(20(25)17-9-7-15(2)29-17)21(26)22(27)24(19)13-12-23-10-4-3-5-11-23/h6-9,19,26H,3-5,10-13H2,1-2H3. The number of furan rings is 2. The first-order valence-electron chi connectivity index (χ1n) is 10.1. The molecule has 2 aliphatic rings. The van der Waals surface area contributed by atoms with E-state index in [2.05, 4.69) is 4.90 Å². The molecule has 0 aliphatic carbocycles. The lowest BCUT2D eigenvalue weighted by molar-refractivity contribution is -0.129. The van der Waals surface area contributed by atoms with E-state index in [0.29, 0.717) is 30.4 Å². The number of nitrogens with zero attached hydrogens (tertiary/aromatic N) is 2. The van der Waals surface area contributed by atoms with Gasteiger partial charge in [-0.15, -0.1) is 0 Å². The van der Waals surface area contributed by atoms with Gasteiger partial charge in [0.25, 0.3) is 5.91 Å². The molecule has 2 aromatic heterocycles. The smallest absolute Gasteiger partial charge is 0.290 e. The van der Waals surface area contributed by atoms with Crippen molar-refractivity contribution in [3.8, 4) is 0 Å². The van der Waals surface area contributed by atoms with Gasteiger partial charge in [-0.3, -0.25) is 9.59 Å². The zero-order valence-corrected chi connectivity index (χ0v) is 16.8. The Hall–Kier alpha value is -2.80. The summed E-state index contributed by atoms with van der Waals surface area (Å²) in [5, 5.41) is 10.6. The summed E-state index contributed by atoms with van der Waals surface area (Å²) in [6.45, 7) is 6.65. The Balaban J connectivity index is 1.65. The first-order chi connectivity index (χ1) is 14.0. The molecular formula is C22H26N2O5. The minimum atomic E-state index is -0.765. The van der Waals surface area contributed by atoms with Gasteiger partial charge in [0.2, 0.25) is 5.78 Å². The summed E-state index contributed by atoms with van der Waals surface area (Å²) in [7, 11) is 0. The maximum absolute atomic E-state index is 13.1. The molecule has 1 saturated heterocycles. The Morgan fingerprint density at radius 2 is 1.72 bits per heavy atom. The van der Waals surface area contributed by atoms with Crippen LogP contribution in [0.4, 0.5) is 0 Å². The molecule has 2 aromatic rings. The van der Waals surface area contributed by atoms with Crippen LogP contribution in [0.15, 0.2) is 44.4 Å². The maximum atomic E-state index is 13.1. The van der Waals surface area contributed by atoms with Crippen molar-refractivity contribution >= 4 is 11.7 Å². The van der Waals surface area contributed by atoms with Gasteiger partial charge < -0.3 is 23.7 Å². The van der Waals surface area contributed by atoms with Crippen molar-refractivity contribution in [3.63, 3.8) is 0 Å². The third-order valence-corrected chi connectivity index (χ3v) is 5.65. The fourth-order valence-corrected chi connectivity index (χ4v) is 4.13. The highest BCUT2D eigenvalue weighted by Gasteiger charge is 2.45. The SMILES string of the molecule is Cc1ccc(C(=O)C2=C(O)C(=O)N(CCN3CCCCC3)C2c2ccc(C)o2)o1. The lowest BCUT2D eigenvalue weighted by Crippen LogP contribution is -2.40. The summed E-state index contributed by atoms with van der Waals surface area (Å²) in [5.41, 5.74) is 0.0114. The van der Waals surface area contributed by atoms with E-state index in [0.717, 1.165) is 25.9 Å². The van der Waals surface area contributed by atoms with Crippen LogP contribution in [0.25, 0.3) is 0 Å². The lowest BCUT2D eigenvalue weighted by atomic mass is 9.99. The second-order valence-corrected chi connectivity index (χ2v) is 7.75. The number of ketones is 1. The molecule has 7 nitrogen and oxygen atoms in total. The molecule has 0 bridgehead atoms. The second kappa shape index (κ2) is 7.91. The van der Waals surface area contributed by atoms with Crippen molar-refractivity contribution in [1.82, 2.24) is 9.80 Å². The van der Waals surface area contributed by atoms with E-state index >= 15 is 0 Å². The number of hydrogen-bond donors (Lipinski definition) is 1. The van der Waals surface area contributed by atoms with Gasteiger partial charge in [-0.05, 0) is 64.0 Å². The number of carbonyl (C=O) groups excluding carboxylic acids is 2. The molecule has 1 unspecified atom stereocenters. The van der Waals surface area contributed by atoms with Crippen LogP contribution >= 0.6 is 0 Å². The van der Waals surface area contributed by atoms with E-state index in [1.807, 2.05) is 0 Å². The predicted octanol–water partition coefficient (Wildman–Crippen LogP) is 3.55. The van der Waals surface area contributed by atoms with E-state index in [9.17, 15) is 14.7 Å². The number of rotatable bonds is 6. The molecule has 0 radical (unpaired) electrons.